The highest BCUT2D eigenvalue weighted by Gasteiger charge is 2.21. The summed E-state index contributed by atoms with van der Waals surface area (Å²) in [5.41, 5.74) is 2.61. The lowest BCUT2D eigenvalue weighted by molar-refractivity contribution is 0.102. The van der Waals surface area contributed by atoms with Crippen LogP contribution in [0.25, 0.3) is 0 Å². The molecule has 0 saturated carbocycles. The topological polar surface area (TPSA) is 64.4 Å². The van der Waals surface area contributed by atoms with Crippen LogP contribution in [0.15, 0.2) is 28.8 Å². The van der Waals surface area contributed by atoms with Crippen molar-refractivity contribution in [1.82, 2.24) is 5.16 Å². The summed E-state index contributed by atoms with van der Waals surface area (Å²) in [6.07, 6.45) is 10.2. The first kappa shape index (κ1) is 18.5. The van der Waals surface area contributed by atoms with E-state index in [2.05, 4.69) is 17.4 Å². The van der Waals surface area contributed by atoms with Crippen molar-refractivity contribution < 1.29 is 14.1 Å². The van der Waals surface area contributed by atoms with Crippen molar-refractivity contribution in [2.45, 2.75) is 64.7 Å². The smallest absolute Gasteiger partial charge is 0.258 e. The monoisotopic (exact) mass is 356 g/mol. The number of hydrogen-bond donors (Lipinski definition) is 1. The molecule has 0 radical (unpaired) electrons. The first-order valence-electron chi connectivity index (χ1n) is 9.79. The zero-order valence-electron chi connectivity index (χ0n) is 15.6. The van der Waals surface area contributed by atoms with Crippen molar-refractivity contribution in [3.8, 4) is 5.75 Å². The molecule has 0 unspecified atom stereocenters. The van der Waals surface area contributed by atoms with Gasteiger partial charge in [-0.2, -0.15) is 0 Å². The molecule has 1 aliphatic rings. The fourth-order valence-electron chi connectivity index (χ4n) is 3.26. The first-order chi connectivity index (χ1) is 12.8. The quantitative estimate of drug-likeness (QED) is 0.631. The van der Waals surface area contributed by atoms with Crippen molar-refractivity contribution in [2.75, 3.05) is 11.9 Å². The number of unbranched alkanes of at least 4 members (excludes halogenated alkanes) is 4. The van der Waals surface area contributed by atoms with E-state index in [9.17, 15) is 4.79 Å². The Balaban J connectivity index is 1.48. The van der Waals surface area contributed by atoms with Crippen LogP contribution in [0.2, 0.25) is 0 Å². The Hall–Kier alpha value is -2.30. The number of aromatic nitrogens is 1. The molecule has 2 aromatic rings. The zero-order valence-corrected chi connectivity index (χ0v) is 15.6. The van der Waals surface area contributed by atoms with Gasteiger partial charge in [-0.15, -0.1) is 0 Å². The summed E-state index contributed by atoms with van der Waals surface area (Å²) >= 11 is 0. The van der Waals surface area contributed by atoms with Crippen molar-refractivity contribution in [2.24, 2.45) is 0 Å². The molecule has 1 amide bonds. The second-order valence-electron chi connectivity index (χ2n) is 6.89. The van der Waals surface area contributed by atoms with Gasteiger partial charge in [0.25, 0.3) is 5.91 Å². The fourth-order valence-corrected chi connectivity index (χ4v) is 3.26. The van der Waals surface area contributed by atoms with Crippen LogP contribution in [0.1, 0.15) is 73.5 Å². The van der Waals surface area contributed by atoms with Crippen LogP contribution in [0.4, 0.5) is 5.88 Å². The second kappa shape index (κ2) is 9.41. The third-order valence-corrected chi connectivity index (χ3v) is 4.82. The van der Waals surface area contributed by atoms with Crippen molar-refractivity contribution >= 4 is 11.8 Å². The van der Waals surface area contributed by atoms with Gasteiger partial charge in [0.05, 0.1) is 12.3 Å². The summed E-state index contributed by atoms with van der Waals surface area (Å²) < 4.78 is 11.1. The predicted molar refractivity (Wildman–Crippen MR) is 102 cm³/mol. The Labute approximate surface area is 155 Å². The van der Waals surface area contributed by atoms with Crippen LogP contribution in [0.5, 0.6) is 5.75 Å². The molecule has 0 aliphatic heterocycles. The molecule has 140 valence electrons. The minimum atomic E-state index is -0.180. The number of anilines is 1. The minimum Gasteiger partial charge on any atom is -0.494 e. The van der Waals surface area contributed by atoms with Crippen molar-refractivity contribution in [3.05, 3.63) is 41.1 Å². The fraction of sp³-hybridized carbons (Fsp3) is 0.524. The minimum absolute atomic E-state index is 0.180. The highest BCUT2D eigenvalue weighted by atomic mass is 16.5. The van der Waals surface area contributed by atoms with E-state index in [1.54, 1.807) is 12.1 Å². The molecule has 1 N–H and O–H groups in total. The maximum Gasteiger partial charge on any atom is 0.258 e. The number of carbonyl (C=O) groups excluding carboxylic acids is 1. The van der Waals surface area contributed by atoms with E-state index in [0.29, 0.717) is 11.4 Å². The van der Waals surface area contributed by atoms with E-state index in [1.165, 1.54) is 25.7 Å². The molecule has 5 nitrogen and oxygen atoms in total. The van der Waals surface area contributed by atoms with Gasteiger partial charge < -0.3 is 9.26 Å². The van der Waals surface area contributed by atoms with Gasteiger partial charge in [-0.1, -0.05) is 37.8 Å². The molecular weight excluding hydrogens is 328 g/mol. The molecule has 0 fully saturated rings. The molecule has 0 saturated heterocycles. The summed E-state index contributed by atoms with van der Waals surface area (Å²) in [5, 5.41) is 6.92. The molecule has 3 rings (SSSR count). The van der Waals surface area contributed by atoms with Gasteiger partial charge in [-0.05, 0) is 56.4 Å². The van der Waals surface area contributed by atoms with Crippen LogP contribution in [-0.4, -0.2) is 17.7 Å². The molecule has 1 aliphatic carbocycles. The van der Waals surface area contributed by atoms with Crippen LogP contribution < -0.4 is 10.1 Å². The number of amides is 1. The molecule has 1 heterocycles. The molecule has 5 heteroatoms. The van der Waals surface area contributed by atoms with E-state index in [0.717, 1.165) is 55.7 Å². The average Bonchev–Trinajstić information content (AvgIpc) is 3.08. The lowest BCUT2D eigenvalue weighted by atomic mass is 9.97. The van der Waals surface area contributed by atoms with Gasteiger partial charge in [-0.3, -0.25) is 10.1 Å². The molecule has 1 aromatic heterocycles. The van der Waals surface area contributed by atoms with Crippen molar-refractivity contribution in [3.63, 3.8) is 0 Å². The molecule has 0 bridgehead atoms. The summed E-state index contributed by atoms with van der Waals surface area (Å²) in [6, 6.07) is 7.25. The Morgan fingerprint density at radius 2 is 1.88 bits per heavy atom. The van der Waals surface area contributed by atoms with E-state index in [1.807, 2.05) is 12.1 Å². The van der Waals surface area contributed by atoms with E-state index < -0.39 is 0 Å². The lowest BCUT2D eigenvalue weighted by Crippen LogP contribution is -2.13. The zero-order chi connectivity index (χ0) is 18.2. The number of carbonyl (C=O) groups is 1. The summed E-state index contributed by atoms with van der Waals surface area (Å²) in [7, 11) is 0. The Bertz CT molecular complexity index is 707. The SMILES string of the molecule is CCCCCCCOc1ccc(C(=O)Nc2onc3c2CCCC3)cc1. The number of nitrogens with zero attached hydrogens (tertiary/aromatic N) is 1. The van der Waals surface area contributed by atoms with Gasteiger partial charge >= 0.3 is 0 Å². The Morgan fingerprint density at radius 3 is 2.69 bits per heavy atom. The molecular formula is C21H28N2O3. The lowest BCUT2D eigenvalue weighted by Gasteiger charge is -2.10. The van der Waals surface area contributed by atoms with E-state index in [-0.39, 0.29) is 5.91 Å². The Kier molecular flexibility index (Phi) is 6.69. The number of nitrogens with one attached hydrogen (secondary N) is 1. The Morgan fingerprint density at radius 1 is 1.12 bits per heavy atom. The summed E-state index contributed by atoms with van der Waals surface area (Å²) in [6.45, 7) is 2.94. The van der Waals surface area contributed by atoms with Gasteiger partial charge in [0, 0.05) is 11.1 Å². The number of fused-ring (bicyclic) bond motifs is 1. The third-order valence-electron chi connectivity index (χ3n) is 4.82. The van der Waals surface area contributed by atoms with Crippen LogP contribution >= 0.6 is 0 Å². The number of benzene rings is 1. The van der Waals surface area contributed by atoms with Crippen molar-refractivity contribution in [1.29, 1.82) is 0 Å². The van der Waals surface area contributed by atoms with Crippen LogP contribution in [0.3, 0.4) is 0 Å². The number of hydrogen-bond acceptors (Lipinski definition) is 4. The number of aryl methyl sites for hydroxylation is 1. The van der Waals surface area contributed by atoms with Crippen LogP contribution in [-0.2, 0) is 12.8 Å². The summed E-state index contributed by atoms with van der Waals surface area (Å²) in [4.78, 5) is 12.4. The van der Waals surface area contributed by atoms with Gasteiger partial charge in [-0.25, -0.2) is 0 Å². The number of ether oxygens (including phenoxy) is 1. The summed E-state index contributed by atoms with van der Waals surface area (Å²) in [5.74, 6) is 1.12. The maximum absolute atomic E-state index is 12.4. The van der Waals surface area contributed by atoms with Crippen LogP contribution in [0, 0.1) is 0 Å². The average molecular weight is 356 g/mol. The molecule has 0 atom stereocenters. The highest BCUT2D eigenvalue weighted by molar-refractivity contribution is 6.03. The molecule has 1 aromatic carbocycles. The molecule has 0 spiro atoms. The normalized spacial score (nSPS) is 13.3. The van der Waals surface area contributed by atoms with E-state index >= 15 is 0 Å². The first-order valence-corrected chi connectivity index (χ1v) is 9.79. The third kappa shape index (κ3) is 4.87. The molecule has 26 heavy (non-hydrogen) atoms. The number of rotatable bonds is 9. The largest absolute Gasteiger partial charge is 0.494 e. The highest BCUT2D eigenvalue weighted by Crippen LogP contribution is 2.28. The second-order valence-corrected chi connectivity index (χ2v) is 6.89. The van der Waals surface area contributed by atoms with Gasteiger partial charge in [0.1, 0.15) is 5.75 Å². The van der Waals surface area contributed by atoms with Gasteiger partial charge in [0.15, 0.2) is 0 Å². The predicted octanol–water partition coefficient (Wildman–Crippen LogP) is 5.15. The standard InChI is InChI=1S/C21H28N2O3/c1-2-3-4-5-8-15-25-17-13-11-16(12-14-17)20(24)22-21-18-9-6-7-10-19(18)23-26-21/h11-14H,2-10,15H2,1H3,(H,22,24). The van der Waals surface area contributed by atoms with E-state index in [4.69, 9.17) is 9.26 Å². The maximum atomic E-state index is 12.4. The van der Waals surface area contributed by atoms with Gasteiger partial charge in [0.2, 0.25) is 5.88 Å².